The predicted molar refractivity (Wildman–Crippen MR) is 57.3 cm³/mol. The van der Waals surface area contributed by atoms with Gasteiger partial charge in [0.1, 0.15) is 0 Å². The molecule has 0 bridgehead atoms. The summed E-state index contributed by atoms with van der Waals surface area (Å²) in [5.74, 6) is -0.855. The fourth-order valence-corrected chi connectivity index (χ4v) is 1.47. The first-order valence-electron chi connectivity index (χ1n) is 4.95. The molecular weight excluding hydrogens is 192 g/mol. The van der Waals surface area contributed by atoms with Crippen LogP contribution in [0.5, 0.6) is 0 Å². The van der Waals surface area contributed by atoms with Gasteiger partial charge in [0, 0.05) is 0 Å². The van der Waals surface area contributed by atoms with Crippen molar-refractivity contribution in [1.82, 2.24) is 0 Å². The van der Waals surface area contributed by atoms with Crippen LogP contribution < -0.4 is 0 Å². The molecule has 0 aliphatic heterocycles. The highest BCUT2D eigenvalue weighted by atomic mass is 16.5. The van der Waals surface area contributed by atoms with Gasteiger partial charge in [-0.1, -0.05) is 30.3 Å². The molecule has 2 unspecified atom stereocenters. The molecule has 3 heteroatoms. The van der Waals surface area contributed by atoms with Crippen LogP contribution in [-0.2, 0) is 16.0 Å². The van der Waals surface area contributed by atoms with Crippen molar-refractivity contribution < 1.29 is 14.6 Å². The number of carbonyl (C=O) groups excluding carboxylic acids is 1. The Balaban J connectivity index is 2.72. The number of hydrogen-bond acceptors (Lipinski definition) is 3. The summed E-state index contributed by atoms with van der Waals surface area (Å²) >= 11 is 0. The van der Waals surface area contributed by atoms with Gasteiger partial charge in [0.05, 0.1) is 19.1 Å². The van der Waals surface area contributed by atoms with Crippen LogP contribution in [0.1, 0.15) is 12.5 Å². The Labute approximate surface area is 89.7 Å². The van der Waals surface area contributed by atoms with E-state index < -0.39 is 12.0 Å². The molecule has 82 valence electrons. The smallest absolute Gasteiger partial charge is 0.311 e. The monoisotopic (exact) mass is 208 g/mol. The molecule has 3 nitrogen and oxygen atoms in total. The molecule has 1 aromatic rings. The normalized spacial score (nSPS) is 14.3. The Kier molecular flexibility index (Phi) is 4.31. The van der Waals surface area contributed by atoms with Gasteiger partial charge in [-0.05, 0) is 18.9 Å². The number of aliphatic hydroxyl groups excluding tert-OH is 1. The average Bonchev–Trinajstić information content (AvgIpc) is 2.26. The molecule has 1 rings (SSSR count). The number of ether oxygens (including phenoxy) is 1. The summed E-state index contributed by atoms with van der Waals surface area (Å²) in [4.78, 5) is 11.4. The number of benzene rings is 1. The second-order valence-electron chi connectivity index (χ2n) is 3.56. The Morgan fingerprint density at radius 1 is 1.40 bits per heavy atom. The summed E-state index contributed by atoms with van der Waals surface area (Å²) in [5.41, 5.74) is 1.02. The number of rotatable bonds is 4. The molecular formula is C12H16O3. The third kappa shape index (κ3) is 3.36. The Morgan fingerprint density at radius 2 is 2.00 bits per heavy atom. The van der Waals surface area contributed by atoms with E-state index in [0.717, 1.165) is 5.56 Å². The van der Waals surface area contributed by atoms with Crippen LogP contribution in [0.3, 0.4) is 0 Å². The summed E-state index contributed by atoms with van der Waals surface area (Å²) in [6.07, 6.45) is -0.191. The molecule has 0 saturated carbocycles. The molecule has 15 heavy (non-hydrogen) atoms. The van der Waals surface area contributed by atoms with Crippen LogP contribution in [0.25, 0.3) is 0 Å². The molecule has 0 heterocycles. The van der Waals surface area contributed by atoms with Gasteiger partial charge in [0.2, 0.25) is 0 Å². The molecule has 0 aromatic heterocycles. The molecule has 0 amide bonds. The van der Waals surface area contributed by atoms with Gasteiger partial charge in [-0.3, -0.25) is 4.79 Å². The molecule has 1 aromatic carbocycles. The maximum atomic E-state index is 11.4. The zero-order valence-electron chi connectivity index (χ0n) is 9.01. The zero-order valence-corrected chi connectivity index (χ0v) is 9.01. The number of methoxy groups -OCH3 is 1. The van der Waals surface area contributed by atoms with Crippen molar-refractivity contribution in [1.29, 1.82) is 0 Å². The molecule has 0 aliphatic carbocycles. The highest BCUT2D eigenvalue weighted by Crippen LogP contribution is 2.14. The maximum Gasteiger partial charge on any atom is 0.311 e. The molecule has 0 fully saturated rings. The maximum absolute atomic E-state index is 11.4. The van der Waals surface area contributed by atoms with Crippen LogP contribution >= 0.6 is 0 Å². The minimum Gasteiger partial charge on any atom is -0.469 e. The van der Waals surface area contributed by atoms with Gasteiger partial charge in [0.15, 0.2) is 0 Å². The summed E-state index contributed by atoms with van der Waals surface area (Å²) in [6.45, 7) is 1.60. The van der Waals surface area contributed by atoms with Crippen molar-refractivity contribution in [2.24, 2.45) is 5.92 Å². The predicted octanol–water partition coefficient (Wildman–Crippen LogP) is 1.40. The van der Waals surface area contributed by atoms with E-state index in [-0.39, 0.29) is 5.97 Å². The summed E-state index contributed by atoms with van der Waals surface area (Å²) in [5, 5.41) is 9.47. The second-order valence-corrected chi connectivity index (χ2v) is 3.56. The number of aliphatic hydroxyl groups is 1. The number of carbonyl (C=O) groups is 1. The van der Waals surface area contributed by atoms with E-state index in [1.807, 2.05) is 30.3 Å². The highest BCUT2D eigenvalue weighted by Gasteiger charge is 2.24. The van der Waals surface area contributed by atoms with Crippen molar-refractivity contribution in [3.8, 4) is 0 Å². The van der Waals surface area contributed by atoms with E-state index in [1.54, 1.807) is 6.92 Å². The van der Waals surface area contributed by atoms with Crippen LogP contribution in [0.4, 0.5) is 0 Å². The van der Waals surface area contributed by atoms with Gasteiger partial charge < -0.3 is 9.84 Å². The second kappa shape index (κ2) is 5.51. The fourth-order valence-electron chi connectivity index (χ4n) is 1.47. The van der Waals surface area contributed by atoms with E-state index in [2.05, 4.69) is 4.74 Å². The lowest BCUT2D eigenvalue weighted by Crippen LogP contribution is -2.29. The highest BCUT2D eigenvalue weighted by molar-refractivity contribution is 5.73. The molecule has 0 radical (unpaired) electrons. The quantitative estimate of drug-likeness (QED) is 0.761. The third-order valence-corrected chi connectivity index (χ3v) is 2.38. The Hall–Kier alpha value is -1.35. The van der Waals surface area contributed by atoms with E-state index >= 15 is 0 Å². The van der Waals surface area contributed by atoms with Gasteiger partial charge >= 0.3 is 5.97 Å². The van der Waals surface area contributed by atoms with Crippen molar-refractivity contribution >= 4 is 5.97 Å². The van der Waals surface area contributed by atoms with Crippen molar-refractivity contribution in [2.75, 3.05) is 7.11 Å². The molecule has 2 atom stereocenters. The van der Waals surface area contributed by atoms with Crippen molar-refractivity contribution in [3.05, 3.63) is 35.9 Å². The molecule has 0 spiro atoms. The first-order valence-corrected chi connectivity index (χ1v) is 4.95. The topological polar surface area (TPSA) is 46.5 Å². The van der Waals surface area contributed by atoms with Crippen molar-refractivity contribution in [2.45, 2.75) is 19.4 Å². The van der Waals surface area contributed by atoms with Crippen LogP contribution in [0.15, 0.2) is 30.3 Å². The Bertz CT molecular complexity index is 306. The fraction of sp³-hybridized carbons (Fsp3) is 0.417. The Morgan fingerprint density at radius 3 is 2.47 bits per heavy atom. The largest absolute Gasteiger partial charge is 0.469 e. The van der Waals surface area contributed by atoms with Gasteiger partial charge in [0.25, 0.3) is 0 Å². The van der Waals surface area contributed by atoms with E-state index in [4.69, 9.17) is 0 Å². The molecule has 0 aliphatic rings. The van der Waals surface area contributed by atoms with Gasteiger partial charge in [-0.15, -0.1) is 0 Å². The van der Waals surface area contributed by atoms with Crippen molar-refractivity contribution in [3.63, 3.8) is 0 Å². The lowest BCUT2D eigenvalue weighted by Gasteiger charge is -2.17. The standard InChI is InChI=1S/C12H16O3/c1-9(13)11(12(14)15-2)8-10-6-4-3-5-7-10/h3-7,9,11,13H,8H2,1-2H3. The summed E-state index contributed by atoms with van der Waals surface area (Å²) in [7, 11) is 1.34. The SMILES string of the molecule is COC(=O)C(Cc1ccccc1)C(C)O. The van der Waals surface area contributed by atoms with Crippen LogP contribution in [0.2, 0.25) is 0 Å². The first-order chi connectivity index (χ1) is 7.15. The minimum atomic E-state index is -0.697. The van der Waals surface area contributed by atoms with Crippen LogP contribution in [-0.4, -0.2) is 24.3 Å². The van der Waals surface area contributed by atoms with E-state index in [0.29, 0.717) is 6.42 Å². The average molecular weight is 208 g/mol. The number of hydrogen-bond donors (Lipinski definition) is 1. The summed E-state index contributed by atoms with van der Waals surface area (Å²) < 4.78 is 4.65. The van der Waals surface area contributed by atoms with Gasteiger partial charge in [-0.25, -0.2) is 0 Å². The van der Waals surface area contributed by atoms with E-state index in [1.165, 1.54) is 7.11 Å². The van der Waals surface area contributed by atoms with Gasteiger partial charge in [-0.2, -0.15) is 0 Å². The van der Waals surface area contributed by atoms with E-state index in [9.17, 15) is 9.90 Å². The summed E-state index contributed by atoms with van der Waals surface area (Å²) in [6, 6.07) is 9.59. The molecule has 1 N–H and O–H groups in total. The lowest BCUT2D eigenvalue weighted by atomic mass is 9.95. The molecule has 0 saturated heterocycles. The zero-order chi connectivity index (χ0) is 11.3. The minimum absolute atomic E-state index is 0.367. The first kappa shape index (κ1) is 11.7. The number of esters is 1. The van der Waals surface area contributed by atoms with Crippen LogP contribution in [0, 0.1) is 5.92 Å². The third-order valence-electron chi connectivity index (χ3n) is 2.38. The lowest BCUT2D eigenvalue weighted by molar-refractivity contribution is -0.148.